The Hall–Kier alpha value is -0.540. The van der Waals surface area contributed by atoms with Crippen molar-refractivity contribution in [3.8, 4) is 0 Å². The lowest BCUT2D eigenvalue weighted by atomic mass is 9.96. The molecule has 2 unspecified atom stereocenters. The number of rotatable bonds is 1. The number of nitrogens with two attached hydrogens (primary N) is 1. The van der Waals surface area contributed by atoms with Gasteiger partial charge in [-0.3, -0.25) is 0 Å². The fourth-order valence-electron chi connectivity index (χ4n) is 3.23. The van der Waals surface area contributed by atoms with Crippen LogP contribution in [0.3, 0.4) is 0 Å². The largest absolute Gasteiger partial charge is 0.363 e. The van der Waals surface area contributed by atoms with Gasteiger partial charge in [-0.1, -0.05) is 12.1 Å². The van der Waals surface area contributed by atoms with Gasteiger partial charge in [-0.05, 0) is 53.2 Å². The van der Waals surface area contributed by atoms with E-state index in [1.165, 1.54) is 41.4 Å². The van der Waals surface area contributed by atoms with Crippen molar-refractivity contribution in [3.05, 3.63) is 28.2 Å². The number of benzene rings is 1. The van der Waals surface area contributed by atoms with E-state index >= 15 is 0 Å². The SMILES string of the molecule is NCC1CCCC2Cc3cccc(Br)c3N12. The lowest BCUT2D eigenvalue weighted by Crippen LogP contribution is -2.48. The van der Waals surface area contributed by atoms with Gasteiger partial charge in [0.15, 0.2) is 0 Å². The second-order valence-corrected chi connectivity index (χ2v) is 5.69. The fourth-order valence-corrected chi connectivity index (χ4v) is 3.84. The number of halogens is 1. The second-order valence-electron chi connectivity index (χ2n) is 4.83. The predicted octanol–water partition coefficient (Wildman–Crippen LogP) is 2.69. The summed E-state index contributed by atoms with van der Waals surface area (Å²) in [6.45, 7) is 0.775. The molecule has 2 heterocycles. The first kappa shape index (κ1) is 10.6. The topological polar surface area (TPSA) is 29.3 Å². The number of fused-ring (bicyclic) bond motifs is 3. The van der Waals surface area contributed by atoms with E-state index in [9.17, 15) is 0 Å². The van der Waals surface area contributed by atoms with Crippen LogP contribution >= 0.6 is 15.9 Å². The summed E-state index contributed by atoms with van der Waals surface area (Å²) in [6.07, 6.45) is 5.09. The Bertz CT molecular complexity index is 399. The summed E-state index contributed by atoms with van der Waals surface area (Å²) in [5.74, 6) is 0. The fraction of sp³-hybridized carbons (Fsp3) is 0.538. The van der Waals surface area contributed by atoms with Crippen LogP contribution in [0.15, 0.2) is 22.7 Å². The summed E-state index contributed by atoms with van der Waals surface area (Å²) >= 11 is 3.68. The molecule has 1 fully saturated rings. The second kappa shape index (κ2) is 4.04. The first-order valence-corrected chi connectivity index (χ1v) is 6.86. The molecule has 3 rings (SSSR count). The van der Waals surface area contributed by atoms with E-state index in [2.05, 4.69) is 39.0 Å². The van der Waals surface area contributed by atoms with Gasteiger partial charge in [-0.15, -0.1) is 0 Å². The van der Waals surface area contributed by atoms with Crippen molar-refractivity contribution < 1.29 is 0 Å². The normalized spacial score (nSPS) is 27.8. The quantitative estimate of drug-likeness (QED) is 0.857. The highest BCUT2D eigenvalue weighted by Gasteiger charge is 2.37. The molecule has 2 N–H and O–H groups in total. The Labute approximate surface area is 105 Å². The zero-order chi connectivity index (χ0) is 11.1. The summed E-state index contributed by atoms with van der Waals surface area (Å²) < 4.78 is 1.23. The minimum Gasteiger partial charge on any atom is -0.363 e. The molecule has 0 bridgehead atoms. The molecule has 0 amide bonds. The van der Waals surface area contributed by atoms with Gasteiger partial charge in [0.1, 0.15) is 0 Å². The molecule has 0 radical (unpaired) electrons. The van der Waals surface area contributed by atoms with E-state index in [-0.39, 0.29) is 0 Å². The molecule has 0 aliphatic carbocycles. The number of hydrogen-bond acceptors (Lipinski definition) is 2. The van der Waals surface area contributed by atoms with Crippen LogP contribution in [0.2, 0.25) is 0 Å². The monoisotopic (exact) mass is 280 g/mol. The van der Waals surface area contributed by atoms with Crippen molar-refractivity contribution >= 4 is 21.6 Å². The van der Waals surface area contributed by atoms with Gasteiger partial charge in [0.2, 0.25) is 0 Å². The highest BCUT2D eigenvalue weighted by Crippen LogP contribution is 2.43. The molecular weight excluding hydrogens is 264 g/mol. The van der Waals surface area contributed by atoms with Crippen molar-refractivity contribution in [1.82, 2.24) is 0 Å². The molecule has 16 heavy (non-hydrogen) atoms. The molecule has 1 aromatic carbocycles. The van der Waals surface area contributed by atoms with Gasteiger partial charge in [-0.25, -0.2) is 0 Å². The molecule has 0 spiro atoms. The summed E-state index contributed by atoms with van der Waals surface area (Å²) in [5.41, 5.74) is 8.80. The van der Waals surface area contributed by atoms with Crippen LogP contribution < -0.4 is 10.6 Å². The van der Waals surface area contributed by atoms with Crippen LogP contribution in [0, 0.1) is 0 Å². The van der Waals surface area contributed by atoms with Crippen LogP contribution in [0.25, 0.3) is 0 Å². The number of nitrogens with zero attached hydrogens (tertiary/aromatic N) is 1. The molecule has 1 saturated heterocycles. The first-order chi connectivity index (χ1) is 7.81. The average molecular weight is 281 g/mol. The molecule has 0 saturated carbocycles. The Morgan fingerprint density at radius 1 is 1.38 bits per heavy atom. The number of hydrogen-bond donors (Lipinski definition) is 1. The van der Waals surface area contributed by atoms with E-state index in [1.54, 1.807) is 0 Å². The molecule has 2 nitrogen and oxygen atoms in total. The van der Waals surface area contributed by atoms with Gasteiger partial charge in [0.25, 0.3) is 0 Å². The van der Waals surface area contributed by atoms with Crippen molar-refractivity contribution in [1.29, 1.82) is 0 Å². The minimum atomic E-state index is 0.540. The van der Waals surface area contributed by atoms with E-state index in [1.807, 2.05) is 0 Å². The van der Waals surface area contributed by atoms with E-state index in [4.69, 9.17) is 5.73 Å². The van der Waals surface area contributed by atoms with Gasteiger partial charge >= 0.3 is 0 Å². The third kappa shape index (κ3) is 1.49. The zero-order valence-corrected chi connectivity index (χ0v) is 10.9. The molecule has 1 aromatic rings. The van der Waals surface area contributed by atoms with Crippen molar-refractivity contribution in [2.45, 2.75) is 37.8 Å². The molecule has 2 aliphatic heterocycles. The summed E-state index contributed by atoms with van der Waals surface area (Å²) in [6, 6.07) is 7.77. The standard InChI is InChI=1S/C13H17BrN2/c14-12-6-1-3-9-7-10-4-2-5-11(8-15)16(10)13(9)12/h1,3,6,10-11H,2,4-5,7-8,15H2. The predicted molar refractivity (Wildman–Crippen MR) is 70.8 cm³/mol. The molecule has 3 heteroatoms. The maximum absolute atomic E-state index is 5.91. The lowest BCUT2D eigenvalue weighted by Gasteiger charge is -2.39. The first-order valence-electron chi connectivity index (χ1n) is 6.07. The Kier molecular flexibility index (Phi) is 2.68. The molecular formula is C13H17BrN2. The summed E-state index contributed by atoms with van der Waals surface area (Å²) in [5, 5.41) is 0. The smallest absolute Gasteiger partial charge is 0.0549 e. The van der Waals surface area contributed by atoms with Gasteiger partial charge in [0, 0.05) is 23.1 Å². The van der Waals surface area contributed by atoms with E-state index in [0.717, 1.165) is 6.54 Å². The highest BCUT2D eigenvalue weighted by atomic mass is 79.9. The third-order valence-corrected chi connectivity index (χ3v) is 4.56. The highest BCUT2D eigenvalue weighted by molar-refractivity contribution is 9.10. The summed E-state index contributed by atoms with van der Waals surface area (Å²) in [7, 11) is 0. The lowest BCUT2D eigenvalue weighted by molar-refractivity contribution is 0.399. The van der Waals surface area contributed by atoms with E-state index < -0.39 is 0 Å². The number of piperidine rings is 1. The molecule has 2 aliphatic rings. The van der Waals surface area contributed by atoms with Crippen molar-refractivity contribution in [2.24, 2.45) is 5.73 Å². The minimum absolute atomic E-state index is 0.540. The van der Waals surface area contributed by atoms with Gasteiger partial charge < -0.3 is 10.6 Å². The van der Waals surface area contributed by atoms with Gasteiger partial charge in [0.05, 0.1) is 5.69 Å². The number of anilines is 1. The maximum atomic E-state index is 5.91. The average Bonchev–Trinajstić information content (AvgIpc) is 2.68. The Balaban J connectivity index is 2.05. The van der Waals surface area contributed by atoms with Crippen LogP contribution in [-0.4, -0.2) is 18.6 Å². The van der Waals surface area contributed by atoms with Gasteiger partial charge in [-0.2, -0.15) is 0 Å². The Morgan fingerprint density at radius 3 is 3.06 bits per heavy atom. The molecule has 2 atom stereocenters. The Morgan fingerprint density at radius 2 is 2.25 bits per heavy atom. The van der Waals surface area contributed by atoms with Crippen molar-refractivity contribution in [3.63, 3.8) is 0 Å². The third-order valence-electron chi connectivity index (χ3n) is 3.92. The van der Waals surface area contributed by atoms with Crippen LogP contribution in [0.1, 0.15) is 24.8 Å². The zero-order valence-electron chi connectivity index (χ0n) is 9.32. The molecule has 0 aromatic heterocycles. The number of para-hydroxylation sites is 1. The van der Waals surface area contributed by atoms with Crippen LogP contribution in [0.4, 0.5) is 5.69 Å². The van der Waals surface area contributed by atoms with Crippen molar-refractivity contribution in [2.75, 3.05) is 11.4 Å². The molecule has 86 valence electrons. The summed E-state index contributed by atoms with van der Waals surface area (Å²) in [4.78, 5) is 2.57. The van der Waals surface area contributed by atoms with E-state index in [0.29, 0.717) is 12.1 Å². The van der Waals surface area contributed by atoms with Crippen LogP contribution in [0.5, 0.6) is 0 Å². The van der Waals surface area contributed by atoms with Crippen LogP contribution in [-0.2, 0) is 6.42 Å². The maximum Gasteiger partial charge on any atom is 0.0549 e.